The Kier molecular flexibility index (Phi) is 7.93. The molecule has 1 aliphatic heterocycles. The summed E-state index contributed by atoms with van der Waals surface area (Å²) in [5, 5.41) is 23.1. The van der Waals surface area contributed by atoms with E-state index >= 15 is 0 Å². The molecule has 0 amide bonds. The summed E-state index contributed by atoms with van der Waals surface area (Å²) >= 11 is 6.29. The minimum atomic E-state index is -2.73. The summed E-state index contributed by atoms with van der Waals surface area (Å²) in [5.41, 5.74) is 2.03. The number of hydrogen-bond donors (Lipinski definition) is 2. The molecular formula is C29H32BClO4Si. The maximum atomic E-state index is 10.9. The quantitative estimate of drug-likeness (QED) is 0.401. The van der Waals surface area contributed by atoms with Crippen molar-refractivity contribution in [2.75, 3.05) is 6.61 Å². The second kappa shape index (κ2) is 10.8. The number of benzene rings is 3. The normalized spacial score (nSPS) is 16.5. The number of halogens is 1. The van der Waals surface area contributed by atoms with Gasteiger partial charge in [0.05, 0.1) is 12.7 Å². The average Bonchev–Trinajstić information content (AvgIpc) is 2.85. The molecule has 0 aliphatic carbocycles. The molecule has 1 atom stereocenters. The van der Waals surface area contributed by atoms with Gasteiger partial charge >= 0.3 is 7.12 Å². The highest BCUT2D eigenvalue weighted by molar-refractivity contribution is 6.99. The molecule has 0 fully saturated rings. The Bertz CT molecular complexity index is 1200. The van der Waals surface area contributed by atoms with Crippen LogP contribution >= 0.6 is 11.6 Å². The largest absolute Gasteiger partial charge is 0.508 e. The van der Waals surface area contributed by atoms with Gasteiger partial charge in [-0.15, -0.1) is 0 Å². The molecule has 3 aromatic rings. The molecule has 4 rings (SSSR count). The average molecular weight is 519 g/mol. The molecular weight excluding hydrogens is 487 g/mol. The lowest BCUT2D eigenvalue weighted by Crippen LogP contribution is -2.66. The van der Waals surface area contributed by atoms with Gasteiger partial charge in [-0.05, 0) is 50.6 Å². The molecule has 0 spiro atoms. The minimum Gasteiger partial charge on any atom is -0.508 e. The Morgan fingerprint density at radius 2 is 1.64 bits per heavy atom. The van der Waals surface area contributed by atoms with Gasteiger partial charge in [0, 0.05) is 5.02 Å². The van der Waals surface area contributed by atoms with E-state index in [1.165, 1.54) is 16.4 Å². The van der Waals surface area contributed by atoms with E-state index in [9.17, 15) is 10.1 Å². The van der Waals surface area contributed by atoms with Crippen molar-refractivity contribution in [3.05, 3.63) is 113 Å². The summed E-state index contributed by atoms with van der Waals surface area (Å²) in [6.45, 7) is 11.2. The van der Waals surface area contributed by atoms with Crippen molar-refractivity contribution in [1.29, 1.82) is 0 Å². The molecule has 0 saturated heterocycles. The summed E-state index contributed by atoms with van der Waals surface area (Å²) in [5.74, 6) is 0.0881. The lowest BCUT2D eigenvalue weighted by atomic mass is 9.71. The third kappa shape index (κ3) is 5.24. The van der Waals surface area contributed by atoms with Gasteiger partial charge in [-0.1, -0.05) is 112 Å². The predicted octanol–water partition coefficient (Wildman–Crippen LogP) is 5.59. The molecule has 0 saturated carbocycles. The van der Waals surface area contributed by atoms with E-state index in [2.05, 4.69) is 75.9 Å². The van der Waals surface area contributed by atoms with E-state index in [4.69, 9.17) is 20.7 Å². The number of hydrogen-bond acceptors (Lipinski definition) is 4. The van der Waals surface area contributed by atoms with Crippen molar-refractivity contribution in [2.24, 2.45) is 0 Å². The Balaban J connectivity index is 1.60. The van der Waals surface area contributed by atoms with Gasteiger partial charge in [0.15, 0.2) is 0 Å². The first-order valence-electron chi connectivity index (χ1n) is 12.1. The van der Waals surface area contributed by atoms with E-state index in [-0.39, 0.29) is 17.4 Å². The van der Waals surface area contributed by atoms with Gasteiger partial charge in [-0.25, -0.2) is 0 Å². The van der Waals surface area contributed by atoms with Crippen LogP contribution in [0.4, 0.5) is 0 Å². The standard InChI is InChI=1S/C29H32BClO4Si/c1-21(26-17-18-28(35-30(26)33)25-16-15-22(32)19-27(25)31)20-34-36(29(2,3)4,23-11-7-5-8-12-23)24-13-9-6-10-14-24/h5-17,19,28,32-33H,1,18,20H2,2-4H3. The summed E-state index contributed by atoms with van der Waals surface area (Å²) < 4.78 is 12.9. The Morgan fingerprint density at radius 1 is 1.06 bits per heavy atom. The van der Waals surface area contributed by atoms with Gasteiger partial charge in [0.1, 0.15) is 5.75 Å². The highest BCUT2D eigenvalue weighted by atomic mass is 35.5. The molecule has 7 heteroatoms. The smallest absolute Gasteiger partial charge is 0.491 e. The predicted molar refractivity (Wildman–Crippen MR) is 150 cm³/mol. The molecule has 3 aromatic carbocycles. The van der Waals surface area contributed by atoms with Crippen LogP contribution in [0.3, 0.4) is 0 Å². The van der Waals surface area contributed by atoms with Crippen LogP contribution in [0, 0.1) is 0 Å². The van der Waals surface area contributed by atoms with Gasteiger partial charge < -0.3 is 19.2 Å². The zero-order valence-corrected chi connectivity index (χ0v) is 22.7. The fourth-order valence-electron chi connectivity index (χ4n) is 4.96. The molecule has 4 nitrogen and oxygen atoms in total. The molecule has 2 N–H and O–H groups in total. The van der Waals surface area contributed by atoms with E-state index in [0.29, 0.717) is 22.5 Å². The summed E-state index contributed by atoms with van der Waals surface area (Å²) in [6.07, 6.45) is 2.05. The summed E-state index contributed by atoms with van der Waals surface area (Å²) in [7, 11) is -3.88. The van der Waals surface area contributed by atoms with Gasteiger partial charge in [0.25, 0.3) is 8.32 Å². The number of phenolic OH excluding ortho intramolecular Hbond substituents is 1. The highest BCUT2D eigenvalue weighted by Gasteiger charge is 2.50. The van der Waals surface area contributed by atoms with Crippen LogP contribution in [0.25, 0.3) is 0 Å². The molecule has 186 valence electrons. The van der Waals surface area contributed by atoms with Gasteiger partial charge in [-0.3, -0.25) is 0 Å². The van der Waals surface area contributed by atoms with Crippen LogP contribution in [0.15, 0.2) is 103 Å². The van der Waals surface area contributed by atoms with E-state index in [1.54, 1.807) is 12.1 Å². The van der Waals surface area contributed by atoms with Crippen LogP contribution in [-0.4, -0.2) is 32.2 Å². The second-order valence-corrected chi connectivity index (χ2v) is 14.8. The SMILES string of the molecule is C=C(CO[Si](c1ccccc1)(c1ccccc1)C(C)(C)C)C1=CCC(c2ccc(O)cc2Cl)OB1O. The molecule has 1 aliphatic rings. The Hall–Kier alpha value is -2.61. The number of aromatic hydroxyl groups is 1. The van der Waals surface area contributed by atoms with Crippen molar-refractivity contribution in [2.45, 2.75) is 38.3 Å². The highest BCUT2D eigenvalue weighted by Crippen LogP contribution is 2.39. The van der Waals surface area contributed by atoms with Crippen molar-refractivity contribution in [3.8, 4) is 5.75 Å². The maximum Gasteiger partial charge on any atom is 0.491 e. The zero-order chi connectivity index (χ0) is 25.9. The molecule has 0 bridgehead atoms. The molecule has 0 radical (unpaired) electrons. The Morgan fingerprint density at radius 3 is 2.14 bits per heavy atom. The van der Waals surface area contributed by atoms with E-state index in [0.717, 1.165) is 5.56 Å². The van der Waals surface area contributed by atoms with Gasteiger partial charge in [-0.2, -0.15) is 0 Å². The Labute approximate surface area is 220 Å². The van der Waals surface area contributed by atoms with E-state index in [1.807, 2.05) is 18.2 Å². The number of rotatable bonds is 7. The minimum absolute atomic E-state index is 0.0881. The van der Waals surface area contributed by atoms with E-state index < -0.39 is 21.5 Å². The fraction of sp³-hybridized carbons (Fsp3) is 0.241. The lowest BCUT2D eigenvalue weighted by molar-refractivity contribution is 0.168. The summed E-state index contributed by atoms with van der Waals surface area (Å²) in [6, 6.07) is 25.6. The van der Waals surface area contributed by atoms with Crippen molar-refractivity contribution >= 4 is 37.4 Å². The first-order valence-corrected chi connectivity index (χ1v) is 14.4. The van der Waals surface area contributed by atoms with Crippen molar-refractivity contribution in [1.82, 2.24) is 0 Å². The lowest BCUT2D eigenvalue weighted by Gasteiger charge is -2.43. The number of phenols is 1. The topological polar surface area (TPSA) is 58.9 Å². The van der Waals surface area contributed by atoms with Crippen LogP contribution in [-0.2, 0) is 9.08 Å². The third-order valence-corrected chi connectivity index (χ3v) is 12.0. The molecule has 36 heavy (non-hydrogen) atoms. The van der Waals surface area contributed by atoms with Crippen molar-refractivity contribution < 1.29 is 19.2 Å². The monoisotopic (exact) mass is 518 g/mol. The zero-order valence-electron chi connectivity index (χ0n) is 20.9. The summed E-state index contributed by atoms with van der Waals surface area (Å²) in [4.78, 5) is 0. The van der Waals surface area contributed by atoms with Crippen LogP contribution in [0.2, 0.25) is 10.1 Å². The van der Waals surface area contributed by atoms with Crippen LogP contribution in [0.5, 0.6) is 5.75 Å². The maximum absolute atomic E-state index is 10.9. The third-order valence-electron chi connectivity index (χ3n) is 6.73. The van der Waals surface area contributed by atoms with Crippen LogP contribution < -0.4 is 10.4 Å². The second-order valence-electron chi connectivity index (χ2n) is 10.1. The van der Waals surface area contributed by atoms with Gasteiger partial charge in [0.2, 0.25) is 0 Å². The molecule has 0 aromatic heterocycles. The first kappa shape index (κ1) is 26.5. The van der Waals surface area contributed by atoms with Crippen molar-refractivity contribution in [3.63, 3.8) is 0 Å². The first-order chi connectivity index (χ1) is 17.1. The fourth-order valence-corrected chi connectivity index (χ4v) is 9.80. The molecule has 1 heterocycles. The van der Waals surface area contributed by atoms with Crippen LogP contribution in [0.1, 0.15) is 38.9 Å². The molecule has 1 unspecified atom stereocenters.